The summed E-state index contributed by atoms with van der Waals surface area (Å²) in [5.41, 5.74) is 4.39. The number of fused-ring (bicyclic) bond motifs is 4. The van der Waals surface area contributed by atoms with Gasteiger partial charge in [-0.05, 0) is 47.9 Å². The van der Waals surface area contributed by atoms with Crippen LogP contribution in [-0.4, -0.2) is 57.7 Å². The maximum atomic E-state index is 13.6. The predicted octanol–water partition coefficient (Wildman–Crippen LogP) is 4.02. The van der Waals surface area contributed by atoms with Gasteiger partial charge in [-0.15, -0.1) is 0 Å². The summed E-state index contributed by atoms with van der Waals surface area (Å²) >= 11 is 0. The van der Waals surface area contributed by atoms with Crippen molar-refractivity contribution in [1.82, 2.24) is 25.0 Å². The van der Waals surface area contributed by atoms with Crippen molar-refractivity contribution in [3.63, 3.8) is 0 Å². The van der Waals surface area contributed by atoms with Crippen molar-refractivity contribution < 1.29 is 14.3 Å². The molecule has 5 aromatic rings. The molecule has 0 saturated carbocycles. The Labute approximate surface area is 213 Å². The van der Waals surface area contributed by atoms with Gasteiger partial charge >= 0.3 is 0 Å². The molecule has 6 rings (SSSR count). The quantitative estimate of drug-likeness (QED) is 0.341. The van der Waals surface area contributed by atoms with Crippen LogP contribution in [0.5, 0.6) is 5.75 Å². The Kier molecular flexibility index (Phi) is 5.94. The zero-order valence-electron chi connectivity index (χ0n) is 20.5. The second-order valence-electron chi connectivity index (χ2n) is 9.39. The van der Waals surface area contributed by atoms with Crippen LogP contribution >= 0.6 is 0 Å². The summed E-state index contributed by atoms with van der Waals surface area (Å²) in [6.45, 7) is 1.06. The van der Waals surface area contributed by atoms with Crippen LogP contribution in [0.3, 0.4) is 0 Å². The van der Waals surface area contributed by atoms with E-state index in [1.165, 1.54) is 10.1 Å². The predicted molar refractivity (Wildman–Crippen MR) is 142 cm³/mol. The van der Waals surface area contributed by atoms with Crippen molar-refractivity contribution in [3.8, 4) is 5.75 Å². The van der Waals surface area contributed by atoms with Gasteiger partial charge in [0.05, 0.1) is 24.3 Å². The van der Waals surface area contributed by atoms with Crippen LogP contribution in [0.15, 0.2) is 79.0 Å². The molecule has 8 nitrogen and oxygen atoms in total. The van der Waals surface area contributed by atoms with Gasteiger partial charge in [0.1, 0.15) is 18.0 Å². The van der Waals surface area contributed by atoms with Crippen molar-refractivity contribution >= 4 is 33.6 Å². The molecule has 1 aliphatic heterocycles. The lowest BCUT2D eigenvalue weighted by Crippen LogP contribution is -2.50. The Balaban J connectivity index is 1.27. The van der Waals surface area contributed by atoms with Gasteiger partial charge in [-0.25, -0.2) is 0 Å². The van der Waals surface area contributed by atoms with E-state index in [4.69, 9.17) is 4.74 Å². The first-order chi connectivity index (χ1) is 18.1. The van der Waals surface area contributed by atoms with Gasteiger partial charge in [0, 0.05) is 29.9 Å². The fourth-order valence-corrected chi connectivity index (χ4v) is 5.17. The molecular formula is C29H27N5O3. The van der Waals surface area contributed by atoms with E-state index >= 15 is 0 Å². The highest BCUT2D eigenvalue weighted by molar-refractivity contribution is 6.09. The van der Waals surface area contributed by atoms with Crippen molar-refractivity contribution in [1.29, 1.82) is 0 Å². The minimum absolute atomic E-state index is 0.0337. The van der Waals surface area contributed by atoms with Gasteiger partial charge in [-0.2, -0.15) is 5.10 Å². The number of hydrogen-bond acceptors (Lipinski definition) is 5. The number of carbonyl (C=O) groups is 2. The van der Waals surface area contributed by atoms with Crippen LogP contribution in [0.4, 0.5) is 0 Å². The number of amides is 1. The van der Waals surface area contributed by atoms with Gasteiger partial charge in [0.15, 0.2) is 0 Å². The van der Waals surface area contributed by atoms with E-state index in [1.54, 1.807) is 24.1 Å². The summed E-state index contributed by atoms with van der Waals surface area (Å²) in [5, 5.41) is 12.7. The van der Waals surface area contributed by atoms with Crippen molar-refractivity contribution in [2.45, 2.75) is 19.0 Å². The average Bonchev–Trinajstić information content (AvgIpc) is 3.56. The Morgan fingerprint density at radius 2 is 1.92 bits per heavy atom. The first kappa shape index (κ1) is 23.0. The minimum Gasteiger partial charge on any atom is -0.497 e. The number of hydrogen-bond donors (Lipinski definition) is 2. The molecule has 186 valence electrons. The Bertz CT molecular complexity index is 1600. The molecule has 0 unspecified atom stereocenters. The molecule has 0 bridgehead atoms. The molecule has 1 atom stereocenters. The lowest BCUT2D eigenvalue weighted by Gasteiger charge is -2.31. The zero-order chi connectivity index (χ0) is 25.4. The van der Waals surface area contributed by atoms with Gasteiger partial charge in [-0.3, -0.25) is 19.3 Å². The fourth-order valence-electron chi connectivity index (χ4n) is 5.17. The van der Waals surface area contributed by atoms with E-state index in [0.717, 1.165) is 33.8 Å². The Morgan fingerprint density at radius 3 is 2.76 bits per heavy atom. The number of methoxy groups -OCH3 is 1. The van der Waals surface area contributed by atoms with E-state index in [9.17, 15) is 9.59 Å². The standard InChI is InChI=1S/C29H27N5O3/c1-37-23-10-11-26-21(13-23)14-27-29(36)33(18-28(35)34(26)27)17-22(12-19-6-3-2-4-7-19)30-15-20-8-5-9-25-24(20)16-31-32-25/h2-11,13-14,16,22,30H,12,15,17-18H2,1H3,(H,31,32)/t22-/m0/s1. The summed E-state index contributed by atoms with van der Waals surface area (Å²) in [5.74, 6) is 0.426. The highest BCUT2D eigenvalue weighted by Crippen LogP contribution is 2.28. The monoisotopic (exact) mass is 493 g/mol. The Morgan fingerprint density at radius 1 is 1.05 bits per heavy atom. The summed E-state index contributed by atoms with van der Waals surface area (Å²) in [7, 11) is 1.60. The van der Waals surface area contributed by atoms with E-state index in [1.807, 2.05) is 48.7 Å². The third-order valence-electron chi connectivity index (χ3n) is 7.01. The van der Waals surface area contributed by atoms with Crippen LogP contribution in [0.1, 0.15) is 26.4 Å². The number of nitrogens with one attached hydrogen (secondary N) is 2. The van der Waals surface area contributed by atoms with E-state index < -0.39 is 0 Å². The summed E-state index contributed by atoms with van der Waals surface area (Å²) in [4.78, 5) is 28.4. The highest BCUT2D eigenvalue weighted by Gasteiger charge is 2.33. The third-order valence-corrected chi connectivity index (χ3v) is 7.01. The fraction of sp³-hybridized carbons (Fsp3) is 0.207. The molecule has 1 amide bonds. The first-order valence-electron chi connectivity index (χ1n) is 12.3. The maximum Gasteiger partial charge on any atom is 0.271 e. The molecule has 3 heterocycles. The molecule has 0 radical (unpaired) electrons. The van der Waals surface area contributed by atoms with Crippen LogP contribution in [0.25, 0.3) is 21.8 Å². The number of aromatic nitrogens is 3. The smallest absolute Gasteiger partial charge is 0.271 e. The van der Waals surface area contributed by atoms with Gasteiger partial charge in [0.2, 0.25) is 0 Å². The van der Waals surface area contributed by atoms with Crippen molar-refractivity contribution in [2.75, 3.05) is 20.2 Å². The van der Waals surface area contributed by atoms with E-state index in [0.29, 0.717) is 24.5 Å². The molecule has 0 saturated heterocycles. The molecule has 3 aromatic carbocycles. The SMILES string of the molecule is COc1ccc2c(c1)cc1n2C(=O)CN(C[C@H](Cc2ccccc2)NCc2cccc3[nH]ncc23)C1=O. The average molecular weight is 494 g/mol. The minimum atomic E-state index is -0.147. The van der Waals surface area contributed by atoms with Crippen LogP contribution in [0.2, 0.25) is 0 Å². The van der Waals surface area contributed by atoms with E-state index in [-0.39, 0.29) is 24.4 Å². The first-order valence-corrected chi connectivity index (χ1v) is 12.3. The summed E-state index contributed by atoms with van der Waals surface area (Å²) < 4.78 is 6.85. The lowest BCUT2D eigenvalue weighted by molar-refractivity contribution is 0.0608. The number of carbonyl (C=O) groups excluding carboxylic acids is 2. The molecular weight excluding hydrogens is 466 g/mol. The van der Waals surface area contributed by atoms with E-state index in [2.05, 4.69) is 33.7 Å². The second kappa shape index (κ2) is 9.55. The third kappa shape index (κ3) is 4.36. The van der Waals surface area contributed by atoms with Crippen LogP contribution < -0.4 is 10.1 Å². The number of rotatable bonds is 8. The number of benzene rings is 3. The highest BCUT2D eigenvalue weighted by atomic mass is 16.5. The molecule has 37 heavy (non-hydrogen) atoms. The topological polar surface area (TPSA) is 92.2 Å². The van der Waals surface area contributed by atoms with Gasteiger partial charge in [0.25, 0.3) is 11.8 Å². The molecule has 1 aliphatic rings. The van der Waals surface area contributed by atoms with Crippen molar-refractivity contribution in [2.24, 2.45) is 0 Å². The number of nitrogens with zero attached hydrogens (tertiary/aromatic N) is 3. The molecule has 0 fully saturated rings. The summed E-state index contributed by atoms with van der Waals surface area (Å²) in [6, 6.07) is 23.5. The van der Waals surface area contributed by atoms with Gasteiger partial charge < -0.3 is 15.0 Å². The number of ether oxygens (including phenoxy) is 1. The summed E-state index contributed by atoms with van der Waals surface area (Å²) in [6.07, 6.45) is 2.56. The van der Waals surface area contributed by atoms with Crippen molar-refractivity contribution in [3.05, 3.63) is 95.8 Å². The normalized spacial score (nSPS) is 14.4. The van der Waals surface area contributed by atoms with Crippen LogP contribution in [-0.2, 0) is 13.0 Å². The zero-order valence-corrected chi connectivity index (χ0v) is 20.5. The molecule has 2 aromatic heterocycles. The maximum absolute atomic E-state index is 13.6. The molecule has 0 spiro atoms. The Hall–Kier alpha value is -4.43. The molecule has 2 N–H and O–H groups in total. The van der Waals surface area contributed by atoms with Crippen LogP contribution in [0, 0.1) is 0 Å². The van der Waals surface area contributed by atoms with Gasteiger partial charge in [-0.1, -0.05) is 42.5 Å². The second-order valence-corrected chi connectivity index (χ2v) is 9.39. The lowest BCUT2D eigenvalue weighted by atomic mass is 10.0. The largest absolute Gasteiger partial charge is 0.497 e. The molecule has 8 heteroatoms. The number of H-pyrrole nitrogens is 1. The number of aromatic amines is 1. The molecule has 0 aliphatic carbocycles.